The van der Waals surface area contributed by atoms with Gasteiger partial charge in [-0.1, -0.05) is 24.3 Å². The van der Waals surface area contributed by atoms with Crippen molar-refractivity contribution in [2.45, 2.75) is 45.9 Å². The van der Waals surface area contributed by atoms with Gasteiger partial charge in [0.2, 0.25) is 5.91 Å². The first kappa shape index (κ1) is 25.9. The molecule has 2 aromatic carbocycles. The van der Waals surface area contributed by atoms with E-state index in [4.69, 9.17) is 4.74 Å². The highest BCUT2D eigenvalue weighted by Gasteiger charge is 2.27. The molecule has 6 nitrogen and oxygen atoms in total. The molecule has 0 spiro atoms. The Labute approximate surface area is 215 Å². The van der Waals surface area contributed by atoms with Gasteiger partial charge in [0.1, 0.15) is 12.4 Å². The Balaban J connectivity index is 1.51. The lowest BCUT2D eigenvalue weighted by atomic mass is 10.1. The largest absolute Gasteiger partial charge is 0.376 e. The van der Waals surface area contributed by atoms with Crippen LogP contribution in [0.2, 0.25) is 0 Å². The van der Waals surface area contributed by atoms with Gasteiger partial charge in [-0.05, 0) is 79.1 Å². The number of urea groups is 1. The number of carbonyl (C=O) groups excluding carboxylic acids is 2. The molecule has 2 heterocycles. The van der Waals surface area contributed by atoms with E-state index in [-0.39, 0.29) is 30.4 Å². The van der Waals surface area contributed by atoms with E-state index in [1.165, 1.54) is 12.1 Å². The Hall–Kier alpha value is -3.23. The van der Waals surface area contributed by atoms with Gasteiger partial charge in [-0.25, -0.2) is 9.18 Å². The summed E-state index contributed by atoms with van der Waals surface area (Å²) in [6.45, 7) is 5.68. The zero-order valence-corrected chi connectivity index (χ0v) is 21.5. The Morgan fingerprint density at radius 1 is 1.06 bits per heavy atom. The Morgan fingerprint density at radius 2 is 1.86 bits per heavy atom. The molecule has 8 heteroatoms. The van der Waals surface area contributed by atoms with Crippen LogP contribution in [0.5, 0.6) is 0 Å². The molecular weight excluding hydrogens is 477 g/mol. The number of nitrogens with one attached hydrogen (secondary N) is 1. The Morgan fingerprint density at radius 3 is 2.53 bits per heavy atom. The molecule has 1 saturated heterocycles. The van der Waals surface area contributed by atoms with E-state index in [0.717, 1.165) is 34.4 Å². The van der Waals surface area contributed by atoms with Gasteiger partial charge in [-0.15, -0.1) is 11.3 Å². The molecule has 4 rings (SSSR count). The number of anilines is 1. The summed E-state index contributed by atoms with van der Waals surface area (Å²) in [7, 11) is 0. The van der Waals surface area contributed by atoms with E-state index >= 15 is 0 Å². The summed E-state index contributed by atoms with van der Waals surface area (Å²) in [5, 5.41) is 4.92. The van der Waals surface area contributed by atoms with Crippen molar-refractivity contribution in [3.63, 3.8) is 0 Å². The van der Waals surface area contributed by atoms with E-state index in [1.807, 2.05) is 49.6 Å². The van der Waals surface area contributed by atoms with Crippen LogP contribution in [-0.2, 0) is 22.6 Å². The molecule has 1 atom stereocenters. The molecule has 1 aromatic heterocycles. The van der Waals surface area contributed by atoms with Crippen LogP contribution in [0.4, 0.5) is 14.9 Å². The second-order valence-electron chi connectivity index (χ2n) is 9.20. The first-order valence-electron chi connectivity index (χ1n) is 12.2. The lowest BCUT2D eigenvalue weighted by molar-refractivity contribution is -0.133. The number of nitrogens with zero attached hydrogens (tertiary/aromatic N) is 2. The van der Waals surface area contributed by atoms with E-state index in [1.54, 1.807) is 33.3 Å². The van der Waals surface area contributed by atoms with Crippen molar-refractivity contribution in [1.82, 2.24) is 9.80 Å². The topological polar surface area (TPSA) is 61.9 Å². The number of amides is 3. The van der Waals surface area contributed by atoms with Crippen LogP contribution in [-0.4, -0.2) is 47.5 Å². The molecule has 3 amide bonds. The van der Waals surface area contributed by atoms with Crippen LogP contribution < -0.4 is 5.32 Å². The fourth-order valence-electron chi connectivity index (χ4n) is 4.17. The molecule has 1 aliphatic heterocycles. The zero-order valence-electron chi connectivity index (χ0n) is 20.7. The summed E-state index contributed by atoms with van der Waals surface area (Å²) >= 11 is 1.57. The maximum absolute atomic E-state index is 13.6. The lowest BCUT2D eigenvalue weighted by Crippen LogP contribution is -2.46. The Kier molecular flexibility index (Phi) is 8.72. The molecule has 1 aliphatic rings. The van der Waals surface area contributed by atoms with Gasteiger partial charge < -0.3 is 19.9 Å². The molecule has 0 radical (unpaired) electrons. The van der Waals surface area contributed by atoms with Crippen LogP contribution in [0.15, 0.2) is 60.0 Å². The molecule has 0 aliphatic carbocycles. The first-order chi connectivity index (χ1) is 17.4. The fraction of sp³-hybridized carbons (Fsp3) is 0.357. The minimum atomic E-state index is -0.333. The highest BCUT2D eigenvalue weighted by molar-refractivity contribution is 7.09. The van der Waals surface area contributed by atoms with Crippen molar-refractivity contribution in [2.75, 3.05) is 25.0 Å². The smallest absolute Gasteiger partial charge is 0.322 e. The third kappa shape index (κ3) is 7.15. The minimum Gasteiger partial charge on any atom is -0.376 e. The summed E-state index contributed by atoms with van der Waals surface area (Å²) in [5.41, 5.74) is 3.74. The van der Waals surface area contributed by atoms with Crippen molar-refractivity contribution in [1.29, 1.82) is 0 Å². The standard InChI is InChI=1S/C28H32FN3O3S/c1-20-7-12-24(15-21(20)2)30-28(34)32(17-25-5-3-13-35-25)19-27(33)31(18-26-6-4-14-36-26)16-22-8-10-23(29)11-9-22/h4,6-12,14-15,25H,3,5,13,16-19H2,1-2H3,(H,30,34)/t25-/m0/s1. The summed E-state index contributed by atoms with van der Waals surface area (Å²) in [5.74, 6) is -0.499. The number of ether oxygens (including phenoxy) is 1. The summed E-state index contributed by atoms with van der Waals surface area (Å²) in [6, 6.07) is 15.5. The predicted molar refractivity (Wildman–Crippen MR) is 140 cm³/mol. The number of hydrogen-bond acceptors (Lipinski definition) is 4. The van der Waals surface area contributed by atoms with E-state index in [9.17, 15) is 14.0 Å². The number of hydrogen-bond donors (Lipinski definition) is 1. The van der Waals surface area contributed by atoms with Gasteiger partial charge in [0, 0.05) is 30.3 Å². The van der Waals surface area contributed by atoms with Crippen LogP contribution in [0.25, 0.3) is 0 Å². The van der Waals surface area contributed by atoms with E-state index in [2.05, 4.69) is 5.32 Å². The van der Waals surface area contributed by atoms with Crippen molar-refractivity contribution >= 4 is 29.0 Å². The molecular formula is C28H32FN3O3S. The van der Waals surface area contributed by atoms with Crippen molar-refractivity contribution in [2.24, 2.45) is 0 Å². The summed E-state index contributed by atoms with van der Waals surface area (Å²) < 4.78 is 19.2. The van der Waals surface area contributed by atoms with E-state index < -0.39 is 0 Å². The molecule has 0 bridgehead atoms. The normalized spacial score (nSPS) is 15.0. The summed E-state index contributed by atoms with van der Waals surface area (Å²) in [6.07, 6.45) is 1.71. The zero-order chi connectivity index (χ0) is 25.5. The van der Waals surface area contributed by atoms with Gasteiger partial charge in [-0.2, -0.15) is 0 Å². The number of thiophene rings is 1. The van der Waals surface area contributed by atoms with Crippen LogP contribution >= 0.6 is 11.3 Å². The maximum Gasteiger partial charge on any atom is 0.322 e. The second-order valence-corrected chi connectivity index (χ2v) is 10.2. The van der Waals surface area contributed by atoms with Crippen molar-refractivity contribution in [3.05, 3.63) is 87.4 Å². The number of benzene rings is 2. The maximum atomic E-state index is 13.6. The van der Waals surface area contributed by atoms with Gasteiger partial charge in [0.25, 0.3) is 0 Å². The molecule has 190 valence electrons. The lowest BCUT2D eigenvalue weighted by Gasteiger charge is -2.29. The second kappa shape index (κ2) is 12.1. The molecule has 0 unspecified atom stereocenters. The van der Waals surface area contributed by atoms with E-state index in [0.29, 0.717) is 31.9 Å². The van der Waals surface area contributed by atoms with Crippen LogP contribution in [0, 0.1) is 19.7 Å². The van der Waals surface area contributed by atoms with Crippen LogP contribution in [0.3, 0.4) is 0 Å². The van der Waals surface area contributed by atoms with Crippen molar-refractivity contribution in [3.8, 4) is 0 Å². The highest BCUT2D eigenvalue weighted by atomic mass is 32.1. The van der Waals surface area contributed by atoms with Gasteiger partial charge >= 0.3 is 6.03 Å². The third-order valence-corrected chi connectivity index (χ3v) is 7.25. The first-order valence-corrected chi connectivity index (χ1v) is 13.0. The molecule has 1 N–H and O–H groups in total. The van der Waals surface area contributed by atoms with Gasteiger partial charge in [0.05, 0.1) is 12.6 Å². The quantitative estimate of drug-likeness (QED) is 0.400. The predicted octanol–water partition coefficient (Wildman–Crippen LogP) is 5.75. The minimum absolute atomic E-state index is 0.0803. The average molecular weight is 510 g/mol. The third-order valence-electron chi connectivity index (χ3n) is 6.39. The number of rotatable bonds is 9. The number of aryl methyl sites for hydroxylation is 2. The number of halogens is 1. The van der Waals surface area contributed by atoms with Gasteiger partial charge in [-0.3, -0.25) is 4.79 Å². The molecule has 36 heavy (non-hydrogen) atoms. The Bertz CT molecular complexity index is 1160. The van der Waals surface area contributed by atoms with Crippen LogP contribution in [0.1, 0.15) is 34.4 Å². The number of carbonyl (C=O) groups is 2. The highest BCUT2D eigenvalue weighted by Crippen LogP contribution is 2.19. The fourth-order valence-corrected chi connectivity index (χ4v) is 4.89. The van der Waals surface area contributed by atoms with Gasteiger partial charge in [0.15, 0.2) is 0 Å². The molecule has 3 aromatic rings. The molecule has 0 saturated carbocycles. The monoisotopic (exact) mass is 509 g/mol. The average Bonchev–Trinajstić information content (AvgIpc) is 3.56. The summed E-state index contributed by atoms with van der Waals surface area (Å²) in [4.78, 5) is 31.2. The molecule has 1 fully saturated rings. The SMILES string of the molecule is Cc1ccc(NC(=O)N(CC(=O)N(Cc2ccc(F)cc2)Cc2cccs2)C[C@@H]2CCCO2)cc1C. The van der Waals surface area contributed by atoms with Crippen molar-refractivity contribution < 1.29 is 18.7 Å².